The molecule has 2 fully saturated rings. The number of rotatable bonds is 5. The van der Waals surface area contributed by atoms with Gasteiger partial charge in [-0.2, -0.15) is 15.1 Å². The molecule has 0 N–H and O–H groups in total. The fourth-order valence-corrected chi connectivity index (χ4v) is 9.53. The van der Waals surface area contributed by atoms with Crippen LogP contribution in [0.5, 0.6) is 6.01 Å². The highest BCUT2D eigenvalue weighted by Crippen LogP contribution is 2.49. The van der Waals surface area contributed by atoms with Gasteiger partial charge in [0.05, 0.1) is 34.0 Å². The van der Waals surface area contributed by atoms with Crippen molar-refractivity contribution in [3.63, 3.8) is 0 Å². The van der Waals surface area contributed by atoms with Gasteiger partial charge in [-0.3, -0.25) is 19.3 Å². The second-order valence-corrected chi connectivity index (χ2v) is 15.1. The molecule has 0 unspecified atom stereocenters. The zero-order valence-electron chi connectivity index (χ0n) is 27.9. The molecule has 1 aromatic carbocycles. The molecule has 0 saturated carbocycles. The van der Waals surface area contributed by atoms with Crippen LogP contribution in [-0.2, 0) is 38.0 Å². The van der Waals surface area contributed by atoms with Gasteiger partial charge in [0.1, 0.15) is 18.2 Å². The summed E-state index contributed by atoms with van der Waals surface area (Å²) in [4.78, 5) is 31.9. The van der Waals surface area contributed by atoms with Crippen molar-refractivity contribution in [3.8, 4) is 6.01 Å². The van der Waals surface area contributed by atoms with E-state index in [4.69, 9.17) is 26.3 Å². The van der Waals surface area contributed by atoms with Crippen LogP contribution in [0.15, 0.2) is 18.2 Å². The molecule has 47 heavy (non-hydrogen) atoms. The fraction of sp³-hybridized carbons (Fsp3) is 0.600. The van der Waals surface area contributed by atoms with E-state index >= 15 is 0 Å². The summed E-state index contributed by atoms with van der Waals surface area (Å²) in [5, 5.41) is 5.02. The lowest BCUT2D eigenvalue weighted by Gasteiger charge is -2.44. The van der Waals surface area contributed by atoms with Gasteiger partial charge in [0.2, 0.25) is 0 Å². The molecule has 0 radical (unpaired) electrons. The first kappa shape index (κ1) is 31.0. The summed E-state index contributed by atoms with van der Waals surface area (Å²) in [5.74, 6) is 1.16. The summed E-state index contributed by atoms with van der Waals surface area (Å²) in [5.41, 5.74) is 4.72. The van der Waals surface area contributed by atoms with Crippen LogP contribution in [0.3, 0.4) is 0 Å². The largest absolute Gasteiger partial charge is 0.461 e. The van der Waals surface area contributed by atoms with E-state index in [1.54, 1.807) is 20.2 Å². The maximum absolute atomic E-state index is 15.0. The normalized spacial score (nSPS) is 27.0. The Hall–Kier alpha value is -3.28. The SMILES string of the molecule is C[C@H]1CN2CCC[C@@]2(COc2nc3c(c(N4CCCn5nc(C(=O)N(C)C)c(Cl)c5C4)n2)CN(C)[C@@]2(CCc4c(F)cccc42)C3)C1. The Bertz CT molecular complexity index is 1750. The van der Waals surface area contributed by atoms with Crippen molar-refractivity contribution in [3.05, 3.63) is 62.8 Å². The number of halogens is 2. The molecule has 3 aromatic rings. The summed E-state index contributed by atoms with van der Waals surface area (Å²) < 4.78 is 23.5. The molecular formula is C35H44ClFN8O2. The summed E-state index contributed by atoms with van der Waals surface area (Å²) in [6, 6.07) is 5.90. The van der Waals surface area contributed by atoms with Gasteiger partial charge in [-0.05, 0) is 75.2 Å². The summed E-state index contributed by atoms with van der Waals surface area (Å²) in [6.07, 6.45) is 6.48. The molecule has 5 aliphatic rings. The van der Waals surface area contributed by atoms with Gasteiger partial charge in [-0.25, -0.2) is 4.39 Å². The third kappa shape index (κ3) is 4.94. The monoisotopic (exact) mass is 662 g/mol. The van der Waals surface area contributed by atoms with Crippen LogP contribution in [0.1, 0.15) is 77.6 Å². The number of benzene rings is 1. The van der Waals surface area contributed by atoms with Crippen LogP contribution < -0.4 is 9.64 Å². The molecule has 12 heteroatoms. The number of amides is 1. The quantitative estimate of drug-likeness (QED) is 0.390. The van der Waals surface area contributed by atoms with Gasteiger partial charge < -0.3 is 14.5 Å². The van der Waals surface area contributed by atoms with Crippen molar-refractivity contribution in [1.82, 2.24) is 34.4 Å². The number of hydrogen-bond acceptors (Lipinski definition) is 8. The molecule has 1 amide bonds. The first-order valence-corrected chi connectivity index (χ1v) is 17.4. The Kier molecular flexibility index (Phi) is 7.53. The number of aryl methyl sites for hydroxylation is 1. The lowest BCUT2D eigenvalue weighted by molar-refractivity contribution is 0.0821. The number of fused-ring (bicyclic) bond motifs is 5. The number of nitrogens with zero attached hydrogens (tertiary/aromatic N) is 8. The topological polar surface area (TPSA) is 82.9 Å². The van der Waals surface area contributed by atoms with E-state index in [2.05, 4.69) is 39.8 Å². The maximum Gasteiger partial charge on any atom is 0.318 e. The lowest BCUT2D eigenvalue weighted by atomic mass is 9.81. The predicted octanol–water partition coefficient (Wildman–Crippen LogP) is 4.66. The average molecular weight is 663 g/mol. The lowest BCUT2D eigenvalue weighted by Crippen LogP contribution is -2.48. The van der Waals surface area contributed by atoms with Crippen molar-refractivity contribution < 1.29 is 13.9 Å². The number of carbonyl (C=O) groups excluding carboxylic acids is 1. The zero-order valence-corrected chi connectivity index (χ0v) is 28.6. The molecule has 2 aromatic heterocycles. The Labute approximate surface area is 280 Å². The molecule has 4 aliphatic heterocycles. The Morgan fingerprint density at radius 3 is 2.81 bits per heavy atom. The van der Waals surface area contributed by atoms with Crippen LogP contribution in [0.2, 0.25) is 5.02 Å². The van der Waals surface area contributed by atoms with Crippen molar-refractivity contribution in [2.45, 2.75) is 82.6 Å². The predicted molar refractivity (Wildman–Crippen MR) is 177 cm³/mol. The zero-order chi connectivity index (χ0) is 32.7. The van der Waals surface area contributed by atoms with Gasteiger partial charge >= 0.3 is 6.01 Å². The van der Waals surface area contributed by atoms with Gasteiger partial charge in [0.25, 0.3) is 5.91 Å². The molecule has 6 heterocycles. The van der Waals surface area contributed by atoms with Crippen LogP contribution in [0, 0.1) is 11.7 Å². The summed E-state index contributed by atoms with van der Waals surface area (Å²) in [6.45, 7) is 7.64. The third-order valence-corrected chi connectivity index (χ3v) is 12.0. The smallest absolute Gasteiger partial charge is 0.318 e. The highest BCUT2D eigenvalue weighted by Gasteiger charge is 2.49. The molecule has 10 nitrogen and oxygen atoms in total. The standard InChI is InChI=1S/C35H44ClFN8O2/c1-22-16-34(11-6-14-44(34)18-22)21-47-33-38-27-17-35(12-10-23-25(35)8-5-9-26(23)37)42(4)19-24(27)31(39-33)43-13-7-15-45-28(20-43)29(36)30(40-45)32(46)41(2)3/h5,8-9,22H,6-7,10-21H2,1-4H3/t22-,34+,35+/m1/s1. The Morgan fingerprint density at radius 2 is 1.98 bits per heavy atom. The first-order valence-electron chi connectivity index (χ1n) is 17.1. The molecule has 8 rings (SSSR count). The maximum atomic E-state index is 15.0. The van der Waals surface area contributed by atoms with Gasteiger partial charge in [-0.15, -0.1) is 0 Å². The molecule has 3 atom stereocenters. The number of carbonyl (C=O) groups is 1. The van der Waals surface area contributed by atoms with Crippen LogP contribution in [-0.4, -0.2) is 93.3 Å². The molecule has 250 valence electrons. The fourth-order valence-electron chi connectivity index (χ4n) is 9.26. The van der Waals surface area contributed by atoms with E-state index in [9.17, 15) is 9.18 Å². The molecular weight excluding hydrogens is 619 g/mol. The Balaban J connectivity index is 1.19. The van der Waals surface area contributed by atoms with E-state index in [-0.39, 0.29) is 28.5 Å². The van der Waals surface area contributed by atoms with Crippen molar-refractivity contribution >= 4 is 23.3 Å². The van der Waals surface area contributed by atoms with Crippen LogP contribution in [0.4, 0.5) is 10.2 Å². The molecule has 1 aliphatic carbocycles. The third-order valence-electron chi connectivity index (χ3n) is 11.6. The Morgan fingerprint density at radius 1 is 1.13 bits per heavy atom. The summed E-state index contributed by atoms with van der Waals surface area (Å²) >= 11 is 6.87. The van der Waals surface area contributed by atoms with Gasteiger partial charge in [0.15, 0.2) is 5.69 Å². The second-order valence-electron chi connectivity index (χ2n) is 14.8. The van der Waals surface area contributed by atoms with Crippen molar-refractivity contribution in [2.75, 3.05) is 52.3 Å². The minimum Gasteiger partial charge on any atom is -0.461 e. The highest BCUT2D eigenvalue weighted by molar-refractivity contribution is 6.34. The minimum atomic E-state index is -0.336. The van der Waals surface area contributed by atoms with Crippen LogP contribution >= 0.6 is 11.6 Å². The number of likely N-dealkylation sites (N-methyl/N-ethyl adjacent to an activating group) is 1. The number of hydrogen-bond donors (Lipinski definition) is 0. The number of anilines is 1. The average Bonchev–Trinajstić information content (AvgIpc) is 3.73. The first-order chi connectivity index (χ1) is 22.6. The molecule has 0 bridgehead atoms. The molecule has 1 spiro atoms. The van der Waals surface area contributed by atoms with Crippen molar-refractivity contribution in [2.24, 2.45) is 5.92 Å². The highest BCUT2D eigenvalue weighted by atomic mass is 35.5. The molecule has 2 saturated heterocycles. The van der Waals surface area contributed by atoms with Crippen molar-refractivity contribution in [1.29, 1.82) is 0 Å². The number of aromatic nitrogens is 4. The van der Waals surface area contributed by atoms with E-state index in [1.807, 2.05) is 10.7 Å². The summed E-state index contributed by atoms with van der Waals surface area (Å²) in [7, 11) is 5.56. The van der Waals surface area contributed by atoms with E-state index < -0.39 is 0 Å². The van der Waals surface area contributed by atoms with Gasteiger partial charge in [0, 0.05) is 52.3 Å². The van der Waals surface area contributed by atoms with E-state index in [0.29, 0.717) is 56.0 Å². The minimum absolute atomic E-state index is 0.0419. The second kappa shape index (κ2) is 11.4. The van der Waals surface area contributed by atoms with E-state index in [0.717, 1.165) is 79.2 Å². The number of ether oxygens (including phenoxy) is 1. The van der Waals surface area contributed by atoms with Gasteiger partial charge in [-0.1, -0.05) is 30.7 Å². The van der Waals surface area contributed by atoms with E-state index in [1.165, 1.54) is 11.3 Å². The van der Waals surface area contributed by atoms with Crippen LogP contribution in [0.25, 0.3) is 0 Å².